The molecular weight excluding hydrogens is 244 g/mol. The van der Waals surface area contributed by atoms with Gasteiger partial charge in [-0.15, -0.1) is 0 Å². The molecule has 2 aromatic rings. The molecule has 3 rings (SSSR count). The zero-order valence-corrected chi connectivity index (χ0v) is 10.5. The van der Waals surface area contributed by atoms with Gasteiger partial charge < -0.3 is 19.8 Å². The van der Waals surface area contributed by atoms with Crippen LogP contribution in [0.15, 0.2) is 30.9 Å². The average Bonchev–Trinajstić information content (AvgIpc) is 2.88. The van der Waals surface area contributed by atoms with Crippen LogP contribution < -0.4 is 5.73 Å². The lowest BCUT2D eigenvalue weighted by atomic mass is 10.2. The first-order chi connectivity index (χ1) is 9.34. The van der Waals surface area contributed by atoms with E-state index in [4.69, 9.17) is 15.2 Å². The summed E-state index contributed by atoms with van der Waals surface area (Å²) in [5, 5.41) is 0. The van der Waals surface area contributed by atoms with Crippen LogP contribution in [-0.2, 0) is 16.0 Å². The van der Waals surface area contributed by atoms with Gasteiger partial charge in [-0.2, -0.15) is 0 Å². The smallest absolute Gasteiger partial charge is 0.132 e. The SMILES string of the molecule is Nc1ncccc1-c1cncn1CC1COCCO1. The molecule has 6 nitrogen and oxygen atoms in total. The molecule has 2 N–H and O–H groups in total. The van der Waals surface area contributed by atoms with Crippen LogP contribution in [0.2, 0.25) is 0 Å². The number of imidazole rings is 1. The summed E-state index contributed by atoms with van der Waals surface area (Å²) in [4.78, 5) is 8.29. The van der Waals surface area contributed by atoms with E-state index < -0.39 is 0 Å². The molecular formula is C13H16N4O2. The molecule has 0 amide bonds. The summed E-state index contributed by atoms with van der Waals surface area (Å²) < 4.78 is 13.1. The number of nitrogen functional groups attached to an aromatic ring is 1. The Kier molecular flexibility index (Phi) is 3.43. The fourth-order valence-corrected chi connectivity index (χ4v) is 2.19. The molecule has 1 aliphatic rings. The molecule has 1 fully saturated rings. The number of nitrogens with two attached hydrogens (primary N) is 1. The van der Waals surface area contributed by atoms with Gasteiger partial charge in [-0.25, -0.2) is 9.97 Å². The summed E-state index contributed by atoms with van der Waals surface area (Å²) in [5.41, 5.74) is 7.74. The predicted octanol–water partition coefficient (Wildman–Crippen LogP) is 0.943. The van der Waals surface area contributed by atoms with Gasteiger partial charge in [-0.3, -0.25) is 0 Å². The van der Waals surface area contributed by atoms with Crippen LogP contribution in [0.1, 0.15) is 0 Å². The lowest BCUT2D eigenvalue weighted by Crippen LogP contribution is -2.32. The zero-order valence-electron chi connectivity index (χ0n) is 10.5. The molecule has 19 heavy (non-hydrogen) atoms. The lowest BCUT2D eigenvalue weighted by molar-refractivity contribution is -0.0934. The molecule has 0 saturated carbocycles. The molecule has 1 saturated heterocycles. The van der Waals surface area contributed by atoms with Gasteiger partial charge in [0.1, 0.15) is 5.82 Å². The topological polar surface area (TPSA) is 75.2 Å². The summed E-state index contributed by atoms with van der Waals surface area (Å²) in [5.74, 6) is 0.505. The van der Waals surface area contributed by atoms with Gasteiger partial charge in [0.2, 0.25) is 0 Å². The molecule has 0 spiro atoms. The Hall–Kier alpha value is -1.92. The lowest BCUT2D eigenvalue weighted by Gasteiger charge is -2.24. The quantitative estimate of drug-likeness (QED) is 0.889. The maximum atomic E-state index is 5.91. The van der Waals surface area contributed by atoms with Crippen molar-refractivity contribution in [2.45, 2.75) is 12.6 Å². The minimum absolute atomic E-state index is 0.0552. The molecule has 1 aliphatic heterocycles. The van der Waals surface area contributed by atoms with Gasteiger partial charge in [0.25, 0.3) is 0 Å². The molecule has 0 bridgehead atoms. The Balaban J connectivity index is 1.84. The van der Waals surface area contributed by atoms with Crippen molar-refractivity contribution in [2.75, 3.05) is 25.6 Å². The van der Waals surface area contributed by atoms with Crippen LogP contribution in [0.3, 0.4) is 0 Å². The van der Waals surface area contributed by atoms with Crippen LogP contribution in [0, 0.1) is 0 Å². The fraction of sp³-hybridized carbons (Fsp3) is 0.385. The van der Waals surface area contributed by atoms with Crippen molar-refractivity contribution in [3.05, 3.63) is 30.9 Å². The largest absolute Gasteiger partial charge is 0.383 e. The molecule has 100 valence electrons. The van der Waals surface area contributed by atoms with Gasteiger partial charge in [-0.1, -0.05) is 0 Å². The molecule has 1 atom stereocenters. The summed E-state index contributed by atoms with van der Waals surface area (Å²) in [7, 11) is 0. The molecule has 0 radical (unpaired) electrons. The summed E-state index contributed by atoms with van der Waals surface area (Å²) in [6.07, 6.45) is 5.30. The third kappa shape index (κ3) is 2.59. The second kappa shape index (κ2) is 5.38. The highest BCUT2D eigenvalue weighted by molar-refractivity contribution is 5.70. The number of anilines is 1. The maximum Gasteiger partial charge on any atom is 0.132 e. The minimum Gasteiger partial charge on any atom is -0.383 e. The third-order valence-electron chi connectivity index (χ3n) is 3.11. The standard InChI is InChI=1S/C13H16N4O2/c14-13-11(2-1-3-16-13)12-6-15-9-17(12)7-10-8-18-4-5-19-10/h1-3,6,9-10H,4-5,7-8H2,(H2,14,16). The van der Waals surface area contributed by atoms with Gasteiger partial charge in [0, 0.05) is 11.8 Å². The van der Waals surface area contributed by atoms with Crippen LogP contribution in [0.25, 0.3) is 11.3 Å². The summed E-state index contributed by atoms with van der Waals surface area (Å²) in [6.45, 7) is 2.62. The predicted molar refractivity (Wildman–Crippen MR) is 70.4 cm³/mol. The normalized spacial score (nSPS) is 19.5. The van der Waals surface area contributed by atoms with E-state index in [-0.39, 0.29) is 6.10 Å². The Bertz CT molecular complexity index is 549. The van der Waals surface area contributed by atoms with E-state index in [1.165, 1.54) is 0 Å². The number of nitrogens with zero attached hydrogens (tertiary/aromatic N) is 3. The van der Waals surface area contributed by atoms with Crippen LogP contribution in [-0.4, -0.2) is 40.5 Å². The summed E-state index contributed by atoms with van der Waals surface area (Å²) >= 11 is 0. The third-order valence-corrected chi connectivity index (χ3v) is 3.11. The first-order valence-electron chi connectivity index (χ1n) is 6.25. The van der Waals surface area contributed by atoms with Crippen molar-refractivity contribution in [1.82, 2.24) is 14.5 Å². The highest BCUT2D eigenvalue weighted by atomic mass is 16.6. The Morgan fingerprint density at radius 2 is 2.37 bits per heavy atom. The molecule has 3 heterocycles. The average molecular weight is 260 g/mol. The van der Waals surface area contributed by atoms with Gasteiger partial charge >= 0.3 is 0 Å². The number of hydrogen-bond donors (Lipinski definition) is 1. The van der Waals surface area contributed by atoms with E-state index in [0.29, 0.717) is 32.2 Å². The van der Waals surface area contributed by atoms with Crippen LogP contribution in [0.4, 0.5) is 5.82 Å². The first kappa shape index (κ1) is 12.1. The van der Waals surface area contributed by atoms with Crippen LogP contribution >= 0.6 is 0 Å². The molecule has 2 aromatic heterocycles. The number of aromatic nitrogens is 3. The highest BCUT2D eigenvalue weighted by Gasteiger charge is 2.17. The van der Waals surface area contributed by atoms with E-state index in [1.54, 1.807) is 18.7 Å². The minimum atomic E-state index is 0.0552. The number of ether oxygens (including phenoxy) is 2. The van der Waals surface area contributed by atoms with E-state index in [1.807, 2.05) is 16.7 Å². The Labute approximate surface area is 111 Å². The monoisotopic (exact) mass is 260 g/mol. The second-order valence-corrected chi connectivity index (χ2v) is 4.44. The van der Waals surface area contributed by atoms with Crippen molar-refractivity contribution in [2.24, 2.45) is 0 Å². The van der Waals surface area contributed by atoms with Crippen LogP contribution in [0.5, 0.6) is 0 Å². The molecule has 1 unspecified atom stereocenters. The van der Waals surface area contributed by atoms with Crippen molar-refractivity contribution in [3.8, 4) is 11.3 Å². The molecule has 0 aromatic carbocycles. The maximum absolute atomic E-state index is 5.91. The number of rotatable bonds is 3. The summed E-state index contributed by atoms with van der Waals surface area (Å²) in [6, 6.07) is 3.80. The van der Waals surface area contributed by atoms with Crippen molar-refractivity contribution >= 4 is 5.82 Å². The van der Waals surface area contributed by atoms with E-state index in [9.17, 15) is 0 Å². The van der Waals surface area contributed by atoms with Gasteiger partial charge in [0.05, 0.1) is 50.7 Å². The van der Waals surface area contributed by atoms with Crippen molar-refractivity contribution in [3.63, 3.8) is 0 Å². The fourth-order valence-electron chi connectivity index (χ4n) is 2.19. The van der Waals surface area contributed by atoms with Gasteiger partial charge in [0.15, 0.2) is 0 Å². The van der Waals surface area contributed by atoms with E-state index in [0.717, 1.165) is 11.3 Å². The Morgan fingerprint density at radius 1 is 1.42 bits per heavy atom. The van der Waals surface area contributed by atoms with Crippen molar-refractivity contribution in [1.29, 1.82) is 0 Å². The first-order valence-corrected chi connectivity index (χ1v) is 6.25. The van der Waals surface area contributed by atoms with E-state index in [2.05, 4.69) is 9.97 Å². The highest BCUT2D eigenvalue weighted by Crippen LogP contribution is 2.24. The molecule has 0 aliphatic carbocycles. The second-order valence-electron chi connectivity index (χ2n) is 4.44. The van der Waals surface area contributed by atoms with E-state index >= 15 is 0 Å². The van der Waals surface area contributed by atoms with Crippen molar-refractivity contribution < 1.29 is 9.47 Å². The Morgan fingerprint density at radius 3 is 3.16 bits per heavy atom. The van der Waals surface area contributed by atoms with Gasteiger partial charge in [-0.05, 0) is 12.1 Å². The molecule has 6 heteroatoms. The zero-order chi connectivity index (χ0) is 13.1. The number of pyridine rings is 1. The number of hydrogen-bond acceptors (Lipinski definition) is 5.